The van der Waals surface area contributed by atoms with E-state index in [1.165, 1.54) is 4.90 Å². The number of likely N-dealkylation sites (tertiary alicyclic amines) is 2. The summed E-state index contributed by atoms with van der Waals surface area (Å²) in [6.45, 7) is 11.1. The van der Waals surface area contributed by atoms with Gasteiger partial charge in [-0.2, -0.15) is 0 Å². The second-order valence-electron chi connectivity index (χ2n) is 10.7. The number of amides is 5. The molecule has 4 atom stereocenters. The zero-order valence-electron chi connectivity index (χ0n) is 21.7. The summed E-state index contributed by atoms with van der Waals surface area (Å²) >= 11 is 0. The lowest BCUT2D eigenvalue weighted by Crippen LogP contribution is -2.61. The molecule has 2 saturated heterocycles. The number of rotatable bonds is 10. The Morgan fingerprint density at radius 3 is 2.06 bits per heavy atom. The molecule has 196 valence electrons. The van der Waals surface area contributed by atoms with Crippen molar-refractivity contribution >= 4 is 35.8 Å². The van der Waals surface area contributed by atoms with Gasteiger partial charge in [-0.15, -0.1) is 0 Å². The highest BCUT2D eigenvalue weighted by Gasteiger charge is 2.47. The fraction of sp³-hybridized carbons (Fsp3) is 0.760. The minimum Gasteiger partial charge on any atom is -0.329 e. The summed E-state index contributed by atoms with van der Waals surface area (Å²) in [6.07, 6.45) is 1.61. The molecule has 5 amide bonds. The zero-order valence-corrected chi connectivity index (χ0v) is 21.7. The van der Waals surface area contributed by atoms with Gasteiger partial charge >= 0.3 is 0 Å². The van der Waals surface area contributed by atoms with E-state index in [2.05, 4.69) is 0 Å². The Morgan fingerprint density at radius 1 is 1.03 bits per heavy atom. The van der Waals surface area contributed by atoms with Gasteiger partial charge in [-0.05, 0) is 37.0 Å². The fourth-order valence-electron chi connectivity index (χ4n) is 4.71. The van der Waals surface area contributed by atoms with E-state index in [9.17, 15) is 28.8 Å². The van der Waals surface area contributed by atoms with Crippen LogP contribution in [0.1, 0.15) is 73.6 Å². The third-order valence-electron chi connectivity index (χ3n) is 6.80. The molecular formula is C25H40N4O6. The molecule has 10 heteroatoms. The van der Waals surface area contributed by atoms with Gasteiger partial charge in [-0.25, -0.2) is 0 Å². The highest BCUT2D eigenvalue weighted by atomic mass is 16.2. The fourth-order valence-corrected chi connectivity index (χ4v) is 4.71. The van der Waals surface area contributed by atoms with Crippen LogP contribution in [0.4, 0.5) is 0 Å². The van der Waals surface area contributed by atoms with Gasteiger partial charge in [0.1, 0.15) is 18.4 Å². The largest absolute Gasteiger partial charge is 0.329 e. The molecule has 2 N–H and O–H groups in total. The molecule has 0 unspecified atom stereocenters. The Hall–Kier alpha value is -2.62. The van der Waals surface area contributed by atoms with Crippen molar-refractivity contribution in [2.24, 2.45) is 23.5 Å². The van der Waals surface area contributed by atoms with Crippen LogP contribution < -0.4 is 5.73 Å². The van der Waals surface area contributed by atoms with Crippen LogP contribution in [0, 0.1) is 17.8 Å². The monoisotopic (exact) mass is 492 g/mol. The van der Waals surface area contributed by atoms with Crippen molar-refractivity contribution in [2.75, 3.05) is 6.54 Å². The highest BCUT2D eigenvalue weighted by Crippen LogP contribution is 2.27. The second kappa shape index (κ2) is 11.9. The van der Waals surface area contributed by atoms with Crippen LogP contribution in [-0.2, 0) is 28.8 Å². The van der Waals surface area contributed by atoms with Crippen LogP contribution in [0.2, 0.25) is 0 Å². The Kier molecular flexibility index (Phi) is 9.71. The average Bonchev–Trinajstić information content (AvgIpc) is 3.40. The minimum atomic E-state index is -1.19. The van der Waals surface area contributed by atoms with E-state index >= 15 is 0 Å². The second-order valence-corrected chi connectivity index (χ2v) is 10.7. The Balaban J connectivity index is 2.50. The third kappa shape index (κ3) is 6.15. The van der Waals surface area contributed by atoms with Crippen molar-refractivity contribution in [1.29, 1.82) is 0 Å². The van der Waals surface area contributed by atoms with Crippen molar-refractivity contribution in [3.63, 3.8) is 0 Å². The first-order chi connectivity index (χ1) is 16.3. The lowest BCUT2D eigenvalue weighted by molar-refractivity contribution is -0.162. The Morgan fingerprint density at radius 2 is 1.60 bits per heavy atom. The van der Waals surface area contributed by atoms with E-state index in [4.69, 9.17) is 5.73 Å². The first-order valence-electron chi connectivity index (χ1n) is 12.6. The molecule has 2 aliphatic heterocycles. The number of aldehydes is 1. The summed E-state index contributed by atoms with van der Waals surface area (Å²) < 4.78 is 0. The molecule has 0 aliphatic carbocycles. The molecular weight excluding hydrogens is 452 g/mol. The molecule has 0 aromatic carbocycles. The number of carbonyl (C=O) groups is 6. The molecule has 0 saturated carbocycles. The average molecular weight is 493 g/mol. The maximum atomic E-state index is 14.0. The number of carbonyl (C=O) groups excluding carboxylic acids is 6. The number of hydrogen-bond donors (Lipinski definition) is 1. The smallest absolute Gasteiger partial charge is 0.253 e. The standard InChI is InChI=1S/C25H40N4O6/c1-14(2)12-18(28-20(31)9-10-21(28)32)24(34)29(19(13-30)15(3)4)23(33)17-8-7-11-27(17)25(35)22(26)16(5)6/h13-19,22H,7-12,26H2,1-6H3/t17-,18-,19+,22-/m0/s1. The maximum Gasteiger partial charge on any atom is 0.253 e. The van der Waals surface area contributed by atoms with Gasteiger partial charge in [-0.3, -0.25) is 33.8 Å². The van der Waals surface area contributed by atoms with Gasteiger partial charge in [0.05, 0.1) is 12.1 Å². The van der Waals surface area contributed by atoms with E-state index in [0.29, 0.717) is 25.7 Å². The van der Waals surface area contributed by atoms with Crippen LogP contribution >= 0.6 is 0 Å². The summed E-state index contributed by atoms with van der Waals surface area (Å²) in [6, 6.07) is -4.03. The van der Waals surface area contributed by atoms with Crippen molar-refractivity contribution in [2.45, 2.75) is 97.8 Å². The van der Waals surface area contributed by atoms with Crippen molar-refractivity contribution in [1.82, 2.24) is 14.7 Å². The maximum absolute atomic E-state index is 14.0. The van der Waals surface area contributed by atoms with Crippen LogP contribution in [-0.4, -0.2) is 81.2 Å². The van der Waals surface area contributed by atoms with Crippen molar-refractivity contribution < 1.29 is 28.8 Å². The first kappa shape index (κ1) is 28.6. The van der Waals surface area contributed by atoms with E-state index in [1.807, 2.05) is 27.7 Å². The minimum absolute atomic E-state index is 0.00788. The van der Waals surface area contributed by atoms with E-state index < -0.39 is 53.7 Å². The molecule has 10 nitrogen and oxygen atoms in total. The molecule has 0 aromatic rings. The zero-order chi connectivity index (χ0) is 26.6. The summed E-state index contributed by atoms with van der Waals surface area (Å²) in [5.41, 5.74) is 6.07. The first-order valence-corrected chi connectivity index (χ1v) is 12.6. The summed E-state index contributed by atoms with van der Waals surface area (Å²) in [4.78, 5) is 81.3. The van der Waals surface area contributed by atoms with E-state index in [0.717, 1.165) is 9.80 Å². The normalized spacial score (nSPS) is 21.1. The van der Waals surface area contributed by atoms with Crippen molar-refractivity contribution in [3.05, 3.63) is 0 Å². The van der Waals surface area contributed by atoms with Gasteiger partial charge in [0.25, 0.3) is 11.8 Å². The number of nitrogens with zero attached hydrogens (tertiary/aromatic N) is 3. The van der Waals surface area contributed by atoms with Crippen LogP contribution in [0.3, 0.4) is 0 Å². The SMILES string of the molecule is CC(C)C[C@@H](C(=O)N(C(=O)[C@@H]1CCCN1C(=O)[C@@H](N)C(C)C)[C@H](C=O)C(C)C)N1C(=O)CCC1=O. The number of hydrogen-bond acceptors (Lipinski definition) is 7. The van der Waals surface area contributed by atoms with Gasteiger partial charge in [0, 0.05) is 19.4 Å². The summed E-state index contributed by atoms with van der Waals surface area (Å²) in [7, 11) is 0. The Labute approximate surface area is 207 Å². The van der Waals surface area contributed by atoms with E-state index in [1.54, 1.807) is 13.8 Å². The molecule has 2 heterocycles. The lowest BCUT2D eigenvalue weighted by atomic mass is 9.96. The summed E-state index contributed by atoms with van der Waals surface area (Å²) in [5, 5.41) is 0. The molecule has 0 radical (unpaired) electrons. The molecule has 0 aromatic heterocycles. The topological polar surface area (TPSA) is 138 Å². The van der Waals surface area contributed by atoms with E-state index in [-0.39, 0.29) is 37.0 Å². The molecule has 0 spiro atoms. The Bertz CT molecular complexity index is 839. The number of nitrogens with two attached hydrogens (primary N) is 1. The third-order valence-corrected chi connectivity index (χ3v) is 6.80. The molecule has 2 rings (SSSR count). The number of imide groups is 2. The van der Waals surface area contributed by atoms with Crippen LogP contribution in [0.25, 0.3) is 0 Å². The predicted molar refractivity (Wildman–Crippen MR) is 128 cm³/mol. The van der Waals surface area contributed by atoms with Crippen LogP contribution in [0.5, 0.6) is 0 Å². The van der Waals surface area contributed by atoms with Gasteiger partial charge in [0.2, 0.25) is 17.7 Å². The van der Waals surface area contributed by atoms with Crippen molar-refractivity contribution in [3.8, 4) is 0 Å². The quantitative estimate of drug-likeness (QED) is 0.356. The van der Waals surface area contributed by atoms with Gasteiger partial charge < -0.3 is 15.4 Å². The van der Waals surface area contributed by atoms with Crippen LogP contribution in [0.15, 0.2) is 0 Å². The molecule has 0 bridgehead atoms. The molecule has 2 fully saturated rings. The molecule has 35 heavy (non-hydrogen) atoms. The van der Waals surface area contributed by atoms with Gasteiger partial charge in [0.15, 0.2) is 0 Å². The lowest BCUT2D eigenvalue weighted by Gasteiger charge is -2.38. The predicted octanol–water partition coefficient (Wildman–Crippen LogP) is 1.10. The summed E-state index contributed by atoms with van der Waals surface area (Å²) in [5.74, 6) is -3.35. The highest BCUT2D eigenvalue weighted by molar-refractivity contribution is 6.09. The van der Waals surface area contributed by atoms with Gasteiger partial charge in [-0.1, -0.05) is 41.5 Å². The molecule has 2 aliphatic rings.